The summed E-state index contributed by atoms with van der Waals surface area (Å²) in [6, 6.07) is 0. The van der Waals surface area contributed by atoms with Crippen molar-refractivity contribution < 1.29 is 23.8 Å². The van der Waals surface area contributed by atoms with E-state index in [0.717, 1.165) is 0 Å². The van der Waals surface area contributed by atoms with Crippen molar-refractivity contribution in [2.24, 2.45) is 10.8 Å². The Balaban J connectivity index is 2.43. The minimum absolute atomic E-state index is 0.106. The Kier molecular flexibility index (Phi) is 2.93. The molecule has 0 atom stereocenters. The van der Waals surface area contributed by atoms with Crippen LogP contribution in [-0.4, -0.2) is 30.9 Å². The summed E-state index contributed by atoms with van der Waals surface area (Å²) in [5, 5.41) is 0. The second-order valence-corrected chi connectivity index (χ2v) is 6.90. The van der Waals surface area contributed by atoms with E-state index in [4.69, 9.17) is 14.2 Å². The van der Waals surface area contributed by atoms with Crippen LogP contribution >= 0.6 is 11.8 Å². The van der Waals surface area contributed by atoms with E-state index in [0.29, 0.717) is 0 Å². The number of carbonyl (C=O) groups is 2. The predicted octanol–water partition coefficient (Wildman–Crippen LogP) is 2.07. The Hall–Kier alpha value is -1.17. The fourth-order valence-corrected chi connectivity index (χ4v) is 4.52. The van der Waals surface area contributed by atoms with Gasteiger partial charge in [-0.3, -0.25) is 4.79 Å². The van der Waals surface area contributed by atoms with Gasteiger partial charge in [0, 0.05) is 0 Å². The lowest BCUT2D eigenvalue weighted by Gasteiger charge is -2.61. The molecule has 1 saturated carbocycles. The normalized spacial score (nSPS) is 25.9. The van der Waals surface area contributed by atoms with Gasteiger partial charge in [0.1, 0.15) is 0 Å². The van der Waals surface area contributed by atoms with Crippen molar-refractivity contribution in [1.29, 1.82) is 0 Å². The van der Waals surface area contributed by atoms with Gasteiger partial charge in [-0.2, -0.15) is 0 Å². The van der Waals surface area contributed by atoms with Gasteiger partial charge in [-0.1, -0.05) is 11.8 Å². The monoisotopic (exact) mass is 286 g/mol. The maximum Gasteiger partial charge on any atom is 0.351 e. The highest BCUT2D eigenvalue weighted by molar-refractivity contribution is 8.05. The fourth-order valence-electron chi connectivity index (χ4n) is 3.04. The molecule has 1 heterocycles. The van der Waals surface area contributed by atoms with Gasteiger partial charge in [-0.25, -0.2) is 4.79 Å². The van der Waals surface area contributed by atoms with Gasteiger partial charge in [0.25, 0.3) is 0 Å². The molecule has 0 unspecified atom stereocenters. The minimum atomic E-state index is -0.827. The summed E-state index contributed by atoms with van der Waals surface area (Å²) in [5.74, 6) is -0.274. The number of methoxy groups -OCH3 is 2. The molecule has 0 radical (unpaired) electrons. The van der Waals surface area contributed by atoms with E-state index in [1.807, 2.05) is 27.7 Å². The quantitative estimate of drug-likeness (QED) is 0.724. The average molecular weight is 286 g/mol. The Morgan fingerprint density at radius 1 is 1.16 bits per heavy atom. The highest BCUT2D eigenvalue weighted by atomic mass is 32.2. The molecule has 2 rings (SSSR count). The van der Waals surface area contributed by atoms with Crippen molar-refractivity contribution in [3.05, 3.63) is 10.9 Å². The van der Waals surface area contributed by atoms with Gasteiger partial charge in [0.15, 0.2) is 15.6 Å². The van der Waals surface area contributed by atoms with Gasteiger partial charge in [0.2, 0.25) is 0 Å². The Morgan fingerprint density at radius 3 is 2.11 bits per heavy atom. The van der Waals surface area contributed by atoms with Gasteiger partial charge in [0.05, 0.1) is 25.0 Å². The first kappa shape index (κ1) is 14.2. The third-order valence-electron chi connectivity index (χ3n) is 4.00. The average Bonchev–Trinajstić information content (AvgIpc) is 2.79. The smallest absolute Gasteiger partial charge is 0.351 e. The number of Topliss-reactive ketones (excluding diaryl/α,β-unsaturated/α-hetero) is 1. The van der Waals surface area contributed by atoms with Crippen molar-refractivity contribution in [3.8, 4) is 0 Å². The number of hydrogen-bond acceptors (Lipinski definition) is 6. The van der Waals surface area contributed by atoms with Crippen LogP contribution in [0.2, 0.25) is 0 Å². The van der Waals surface area contributed by atoms with Crippen LogP contribution in [0.1, 0.15) is 27.7 Å². The Morgan fingerprint density at radius 2 is 1.68 bits per heavy atom. The van der Waals surface area contributed by atoms with Crippen molar-refractivity contribution in [2.45, 2.75) is 32.6 Å². The van der Waals surface area contributed by atoms with Crippen LogP contribution in [0.25, 0.3) is 0 Å². The summed E-state index contributed by atoms with van der Waals surface area (Å²) in [6.07, 6.45) is 0. The van der Waals surface area contributed by atoms with Crippen LogP contribution in [0, 0.1) is 10.8 Å². The van der Waals surface area contributed by atoms with Crippen molar-refractivity contribution in [3.63, 3.8) is 0 Å². The van der Waals surface area contributed by atoms with Crippen LogP contribution in [-0.2, 0) is 23.8 Å². The number of ketones is 1. The molecule has 1 aliphatic carbocycles. The second-order valence-electron chi connectivity index (χ2n) is 5.71. The number of rotatable bonds is 2. The summed E-state index contributed by atoms with van der Waals surface area (Å²) < 4.78 is 15.7. The van der Waals surface area contributed by atoms with Gasteiger partial charge in [-0.15, -0.1) is 0 Å². The molecular formula is C13H18O5S. The Bertz CT molecular complexity index is 471. The predicted molar refractivity (Wildman–Crippen MR) is 70.0 cm³/mol. The lowest BCUT2D eigenvalue weighted by Crippen LogP contribution is -2.72. The summed E-state index contributed by atoms with van der Waals surface area (Å²) >= 11 is 1.22. The van der Waals surface area contributed by atoms with Gasteiger partial charge < -0.3 is 14.2 Å². The van der Waals surface area contributed by atoms with E-state index in [2.05, 4.69) is 0 Å². The Labute approximate surface area is 116 Å². The number of carbonyl (C=O) groups excluding carboxylic acids is 2. The molecule has 1 aliphatic heterocycles. The number of thioether (sulfide) groups is 1. The molecule has 1 spiro atoms. The SMILES string of the molecule is COC(=O)C1=C(OC)OC2(S1)C(C)(C)C(=O)C2(C)C. The fraction of sp³-hybridized carbons (Fsp3) is 0.692. The topological polar surface area (TPSA) is 61.8 Å². The first-order valence-corrected chi connectivity index (χ1v) is 6.77. The zero-order valence-electron chi connectivity index (χ0n) is 11.9. The van der Waals surface area contributed by atoms with Crippen LogP contribution in [0.3, 0.4) is 0 Å². The van der Waals surface area contributed by atoms with Crippen LogP contribution in [0.4, 0.5) is 0 Å². The molecule has 5 nitrogen and oxygen atoms in total. The standard InChI is InChI=1S/C13H18O5S/c1-11(2)10(15)12(3,4)13(11)18-9(17-6)7(19-13)8(14)16-5/h1-6H3. The minimum Gasteiger partial charge on any atom is -0.468 e. The third-order valence-corrected chi connectivity index (χ3v) is 5.93. The molecule has 6 heteroatoms. The molecule has 0 aromatic rings. The maximum atomic E-state index is 12.2. The molecule has 0 N–H and O–H groups in total. The molecule has 0 bridgehead atoms. The van der Waals surface area contributed by atoms with E-state index in [1.54, 1.807) is 0 Å². The maximum absolute atomic E-state index is 12.2. The van der Waals surface area contributed by atoms with Crippen molar-refractivity contribution >= 4 is 23.5 Å². The zero-order chi connectivity index (χ0) is 14.6. The molecular weight excluding hydrogens is 268 g/mol. The highest BCUT2D eigenvalue weighted by Crippen LogP contribution is 2.70. The van der Waals surface area contributed by atoms with Gasteiger partial charge >= 0.3 is 11.9 Å². The van der Waals surface area contributed by atoms with Crippen LogP contribution in [0.15, 0.2) is 10.9 Å². The summed E-state index contributed by atoms with van der Waals surface area (Å²) in [4.78, 5) is 23.5. The molecule has 0 aromatic carbocycles. The largest absolute Gasteiger partial charge is 0.468 e. The number of hydrogen-bond donors (Lipinski definition) is 0. The molecule has 19 heavy (non-hydrogen) atoms. The molecule has 0 aromatic heterocycles. The van der Waals surface area contributed by atoms with E-state index < -0.39 is 21.7 Å². The molecule has 0 saturated heterocycles. The van der Waals surface area contributed by atoms with E-state index >= 15 is 0 Å². The lowest BCUT2D eigenvalue weighted by molar-refractivity contribution is -0.203. The number of ether oxygens (including phenoxy) is 3. The highest BCUT2D eigenvalue weighted by Gasteiger charge is 2.78. The van der Waals surface area contributed by atoms with Crippen LogP contribution in [0.5, 0.6) is 0 Å². The van der Waals surface area contributed by atoms with Crippen LogP contribution < -0.4 is 0 Å². The van der Waals surface area contributed by atoms with Crippen molar-refractivity contribution in [1.82, 2.24) is 0 Å². The third kappa shape index (κ3) is 1.43. The summed E-state index contributed by atoms with van der Waals surface area (Å²) in [7, 11) is 2.73. The van der Waals surface area contributed by atoms with Crippen molar-refractivity contribution in [2.75, 3.05) is 14.2 Å². The van der Waals surface area contributed by atoms with E-state index in [1.165, 1.54) is 26.0 Å². The first-order valence-electron chi connectivity index (χ1n) is 5.95. The number of esters is 1. The molecule has 0 amide bonds. The first-order chi connectivity index (χ1) is 8.65. The molecule has 106 valence electrons. The van der Waals surface area contributed by atoms with E-state index in [-0.39, 0.29) is 16.6 Å². The second kappa shape index (κ2) is 3.91. The zero-order valence-corrected chi connectivity index (χ0v) is 12.8. The van der Waals surface area contributed by atoms with Gasteiger partial charge in [-0.05, 0) is 27.7 Å². The molecule has 1 fully saturated rings. The van der Waals surface area contributed by atoms with E-state index in [9.17, 15) is 9.59 Å². The lowest BCUT2D eigenvalue weighted by atomic mass is 9.51. The summed E-state index contributed by atoms with van der Waals surface area (Å²) in [6.45, 7) is 7.28. The summed E-state index contributed by atoms with van der Waals surface area (Å²) in [5.41, 5.74) is -1.39. The molecule has 2 aliphatic rings.